The van der Waals surface area contributed by atoms with E-state index in [1.165, 1.54) is 0 Å². The molecule has 2 bridgehead atoms. The number of carbonyl (C=O) groups excluding carboxylic acids is 1. The van der Waals surface area contributed by atoms with Crippen LogP contribution in [0, 0.1) is 23.7 Å². The maximum absolute atomic E-state index is 12.7. The Morgan fingerprint density at radius 3 is 2.67 bits per heavy atom. The van der Waals surface area contributed by atoms with E-state index in [0.717, 1.165) is 12.8 Å². The van der Waals surface area contributed by atoms with Crippen molar-refractivity contribution in [3.8, 4) is 5.75 Å². The van der Waals surface area contributed by atoms with Gasteiger partial charge in [0.1, 0.15) is 5.75 Å². The van der Waals surface area contributed by atoms with Crippen LogP contribution >= 0.6 is 11.6 Å². The molecule has 1 aromatic carbocycles. The van der Waals surface area contributed by atoms with E-state index in [2.05, 4.69) is 5.32 Å². The van der Waals surface area contributed by atoms with Gasteiger partial charge in [0, 0.05) is 5.02 Å². The van der Waals surface area contributed by atoms with Crippen LogP contribution in [0.25, 0.3) is 0 Å². The van der Waals surface area contributed by atoms with Gasteiger partial charge in [-0.1, -0.05) is 30.7 Å². The number of amides is 1. The number of fused-ring (bicyclic) bond motifs is 2. The molecule has 2 N–H and O–H groups in total. The summed E-state index contributed by atoms with van der Waals surface area (Å²) in [6.45, 7) is 2.52. The number of ether oxygens (including phenoxy) is 1. The summed E-state index contributed by atoms with van der Waals surface area (Å²) in [6.07, 6.45) is 5.45. The highest BCUT2D eigenvalue weighted by molar-refractivity contribution is 6.31. The lowest BCUT2D eigenvalue weighted by Gasteiger charge is -2.24. The molecule has 24 heavy (non-hydrogen) atoms. The summed E-state index contributed by atoms with van der Waals surface area (Å²) in [5.74, 6) is -1.97. The van der Waals surface area contributed by atoms with Gasteiger partial charge in [0.25, 0.3) is 0 Å². The zero-order chi connectivity index (χ0) is 17.3. The molecule has 0 aromatic heterocycles. The van der Waals surface area contributed by atoms with Crippen LogP contribution in [-0.2, 0) is 9.59 Å². The van der Waals surface area contributed by atoms with Gasteiger partial charge in [0.15, 0.2) is 0 Å². The molecule has 3 rings (SSSR count). The first-order chi connectivity index (χ1) is 11.5. The quantitative estimate of drug-likeness (QED) is 0.769. The van der Waals surface area contributed by atoms with Crippen molar-refractivity contribution in [3.63, 3.8) is 0 Å². The highest BCUT2D eigenvalue weighted by Crippen LogP contribution is 2.48. The number of carboxylic acids is 1. The predicted octanol–water partition coefficient (Wildman–Crippen LogP) is 3.59. The molecule has 2 aliphatic rings. The van der Waals surface area contributed by atoms with Crippen molar-refractivity contribution in [1.82, 2.24) is 0 Å². The molecule has 1 fully saturated rings. The van der Waals surface area contributed by atoms with Gasteiger partial charge in [-0.05, 0) is 42.9 Å². The zero-order valence-electron chi connectivity index (χ0n) is 13.4. The average molecular weight is 350 g/mol. The van der Waals surface area contributed by atoms with Crippen LogP contribution in [0.1, 0.15) is 19.8 Å². The molecule has 1 amide bonds. The standard InChI is InChI=1S/C18H20ClNO4/c1-2-7-24-14-6-5-12(19)9-13(14)20-17(21)15-10-3-4-11(8-10)16(15)18(22)23/h3-6,9-11,15-16H,2,7-8H2,1H3,(H,20,21)(H,22,23). The third-order valence-electron chi connectivity index (χ3n) is 4.71. The molecule has 128 valence electrons. The molecule has 1 aromatic rings. The van der Waals surface area contributed by atoms with Crippen molar-refractivity contribution < 1.29 is 19.4 Å². The van der Waals surface area contributed by atoms with Crippen molar-refractivity contribution in [1.29, 1.82) is 0 Å². The van der Waals surface area contributed by atoms with Crippen LogP contribution in [0.4, 0.5) is 5.69 Å². The van der Waals surface area contributed by atoms with E-state index in [-0.39, 0.29) is 17.7 Å². The highest BCUT2D eigenvalue weighted by Gasteiger charge is 2.51. The zero-order valence-corrected chi connectivity index (χ0v) is 14.1. The minimum atomic E-state index is -0.916. The molecule has 5 nitrogen and oxygen atoms in total. The Morgan fingerprint density at radius 2 is 2.00 bits per heavy atom. The maximum atomic E-state index is 12.7. The Kier molecular flexibility index (Phi) is 4.81. The van der Waals surface area contributed by atoms with Gasteiger partial charge in [-0.3, -0.25) is 9.59 Å². The third-order valence-corrected chi connectivity index (χ3v) is 4.94. The Morgan fingerprint density at radius 1 is 1.29 bits per heavy atom. The van der Waals surface area contributed by atoms with Crippen LogP contribution in [-0.4, -0.2) is 23.6 Å². The van der Waals surface area contributed by atoms with Gasteiger partial charge in [-0.2, -0.15) is 0 Å². The minimum absolute atomic E-state index is 0.0182. The number of hydrogen-bond acceptors (Lipinski definition) is 3. The molecule has 0 heterocycles. The predicted molar refractivity (Wildman–Crippen MR) is 91.2 cm³/mol. The molecular weight excluding hydrogens is 330 g/mol. The van der Waals surface area contributed by atoms with E-state index in [1.807, 2.05) is 19.1 Å². The number of anilines is 1. The van der Waals surface area contributed by atoms with Crippen molar-refractivity contribution in [2.75, 3.05) is 11.9 Å². The number of carbonyl (C=O) groups is 2. The van der Waals surface area contributed by atoms with Gasteiger partial charge in [0.05, 0.1) is 24.1 Å². The second-order valence-electron chi connectivity index (χ2n) is 6.32. The number of halogens is 1. The largest absolute Gasteiger partial charge is 0.491 e. The summed E-state index contributed by atoms with van der Waals surface area (Å²) in [6, 6.07) is 5.04. The molecule has 1 saturated carbocycles. The molecule has 4 atom stereocenters. The van der Waals surface area contributed by atoms with Crippen LogP contribution in [0.3, 0.4) is 0 Å². The smallest absolute Gasteiger partial charge is 0.307 e. The number of nitrogens with one attached hydrogen (secondary N) is 1. The third kappa shape index (κ3) is 3.13. The maximum Gasteiger partial charge on any atom is 0.307 e. The fourth-order valence-corrected chi connectivity index (χ4v) is 3.84. The van der Waals surface area contributed by atoms with E-state index in [0.29, 0.717) is 23.1 Å². The van der Waals surface area contributed by atoms with E-state index in [1.54, 1.807) is 18.2 Å². The molecule has 6 heteroatoms. The fraction of sp³-hybridized carbons (Fsp3) is 0.444. The lowest BCUT2D eigenvalue weighted by atomic mass is 9.82. The summed E-state index contributed by atoms with van der Waals surface area (Å²) < 4.78 is 5.64. The summed E-state index contributed by atoms with van der Waals surface area (Å²) in [7, 11) is 0. The number of allylic oxidation sites excluding steroid dienone is 2. The topological polar surface area (TPSA) is 75.6 Å². The molecule has 4 unspecified atom stereocenters. The number of rotatable bonds is 6. The highest BCUT2D eigenvalue weighted by atomic mass is 35.5. The number of hydrogen-bond donors (Lipinski definition) is 2. The average Bonchev–Trinajstić information content (AvgIpc) is 3.15. The SMILES string of the molecule is CCCOc1ccc(Cl)cc1NC(=O)C1C2C=CC(C2)C1C(=O)O. The van der Waals surface area contributed by atoms with Crippen molar-refractivity contribution in [2.24, 2.45) is 23.7 Å². The van der Waals surface area contributed by atoms with Crippen molar-refractivity contribution >= 4 is 29.2 Å². The van der Waals surface area contributed by atoms with Gasteiger partial charge in [-0.25, -0.2) is 0 Å². The first-order valence-corrected chi connectivity index (χ1v) is 8.53. The second-order valence-corrected chi connectivity index (χ2v) is 6.75. The van der Waals surface area contributed by atoms with Crippen LogP contribution in [0.5, 0.6) is 5.75 Å². The van der Waals surface area contributed by atoms with Gasteiger partial charge in [-0.15, -0.1) is 0 Å². The van der Waals surface area contributed by atoms with Gasteiger partial charge < -0.3 is 15.2 Å². The summed E-state index contributed by atoms with van der Waals surface area (Å²) in [4.78, 5) is 24.3. The summed E-state index contributed by atoms with van der Waals surface area (Å²) >= 11 is 6.02. The van der Waals surface area contributed by atoms with Crippen LogP contribution < -0.4 is 10.1 Å². The Hall–Kier alpha value is -2.01. The molecule has 2 aliphatic carbocycles. The van der Waals surface area contributed by atoms with Gasteiger partial charge in [0.2, 0.25) is 5.91 Å². The van der Waals surface area contributed by atoms with Crippen LogP contribution in [0.2, 0.25) is 5.02 Å². The monoisotopic (exact) mass is 349 g/mol. The minimum Gasteiger partial charge on any atom is -0.491 e. The first-order valence-electron chi connectivity index (χ1n) is 8.15. The van der Waals surface area contributed by atoms with Crippen LogP contribution in [0.15, 0.2) is 30.4 Å². The lowest BCUT2D eigenvalue weighted by molar-refractivity contribution is -0.146. The molecule has 0 aliphatic heterocycles. The number of benzene rings is 1. The second kappa shape index (κ2) is 6.85. The van der Waals surface area contributed by atoms with E-state index < -0.39 is 17.8 Å². The van der Waals surface area contributed by atoms with Crippen molar-refractivity contribution in [2.45, 2.75) is 19.8 Å². The van der Waals surface area contributed by atoms with Gasteiger partial charge >= 0.3 is 5.97 Å². The molecule has 0 radical (unpaired) electrons. The Bertz CT molecular complexity index is 688. The first kappa shape index (κ1) is 16.8. The number of aliphatic carboxylic acids is 1. The summed E-state index contributed by atoms with van der Waals surface area (Å²) in [5, 5.41) is 12.8. The lowest BCUT2D eigenvalue weighted by Crippen LogP contribution is -2.36. The molecule has 0 spiro atoms. The van der Waals surface area contributed by atoms with Crippen molar-refractivity contribution in [3.05, 3.63) is 35.4 Å². The molecule has 0 saturated heterocycles. The van der Waals surface area contributed by atoms with E-state index >= 15 is 0 Å². The van der Waals surface area contributed by atoms with E-state index in [9.17, 15) is 14.7 Å². The Labute approximate surface area is 145 Å². The number of carboxylic acid groups (broad SMARTS) is 1. The van der Waals surface area contributed by atoms with E-state index in [4.69, 9.17) is 16.3 Å². The Balaban J connectivity index is 1.81. The summed E-state index contributed by atoms with van der Waals surface area (Å²) in [5.41, 5.74) is 0.483. The fourth-order valence-electron chi connectivity index (χ4n) is 3.67. The molecular formula is C18H20ClNO4. The normalized spacial score (nSPS) is 27.2.